The van der Waals surface area contributed by atoms with Crippen LogP contribution >= 0.6 is 0 Å². The van der Waals surface area contributed by atoms with E-state index in [-0.39, 0.29) is 12.2 Å². The Morgan fingerprint density at radius 2 is 2.14 bits per heavy atom. The van der Waals surface area contributed by atoms with Gasteiger partial charge in [-0.3, -0.25) is 4.98 Å². The van der Waals surface area contributed by atoms with Crippen molar-refractivity contribution in [2.45, 2.75) is 6.18 Å². The quantitative estimate of drug-likeness (QED) is 0.797. The van der Waals surface area contributed by atoms with Gasteiger partial charge in [0.25, 0.3) is 0 Å². The van der Waals surface area contributed by atoms with E-state index in [0.717, 1.165) is 18.3 Å². The molecule has 0 atom stereocenters. The summed E-state index contributed by atoms with van der Waals surface area (Å²) in [5.41, 5.74) is 4.71. The minimum Gasteiger partial charge on any atom is -0.327 e. The SMILES string of the molecule is NCC=Cc1cc(C(F)(F)F)ccn1. The van der Waals surface area contributed by atoms with Crippen LogP contribution in [0.3, 0.4) is 0 Å². The molecule has 1 heterocycles. The molecule has 5 heteroatoms. The van der Waals surface area contributed by atoms with Crippen molar-refractivity contribution in [3.8, 4) is 0 Å². The zero-order valence-electron chi connectivity index (χ0n) is 7.25. The molecule has 1 rings (SSSR count). The van der Waals surface area contributed by atoms with Crippen molar-refractivity contribution in [1.29, 1.82) is 0 Å². The Balaban J connectivity index is 2.96. The summed E-state index contributed by atoms with van der Waals surface area (Å²) in [5.74, 6) is 0. The van der Waals surface area contributed by atoms with Crippen molar-refractivity contribution in [3.63, 3.8) is 0 Å². The summed E-state index contributed by atoms with van der Waals surface area (Å²) in [4.78, 5) is 3.75. The molecule has 0 spiro atoms. The molecule has 0 bridgehead atoms. The molecule has 1 aromatic heterocycles. The zero-order valence-corrected chi connectivity index (χ0v) is 7.25. The van der Waals surface area contributed by atoms with E-state index in [9.17, 15) is 13.2 Å². The lowest BCUT2D eigenvalue weighted by Gasteiger charge is -2.05. The first kappa shape index (κ1) is 10.7. The Morgan fingerprint density at radius 1 is 1.43 bits per heavy atom. The van der Waals surface area contributed by atoms with E-state index in [2.05, 4.69) is 4.98 Å². The molecule has 0 radical (unpaired) electrons. The fourth-order valence-corrected chi connectivity index (χ4v) is 0.905. The molecule has 0 aliphatic heterocycles. The summed E-state index contributed by atoms with van der Waals surface area (Å²) in [6, 6.07) is 1.91. The van der Waals surface area contributed by atoms with Crippen LogP contribution in [-0.2, 0) is 6.18 Å². The maximum atomic E-state index is 12.2. The van der Waals surface area contributed by atoms with Crippen molar-refractivity contribution in [1.82, 2.24) is 4.98 Å². The number of rotatable bonds is 2. The highest BCUT2D eigenvalue weighted by atomic mass is 19.4. The summed E-state index contributed by atoms with van der Waals surface area (Å²) in [7, 11) is 0. The maximum Gasteiger partial charge on any atom is 0.416 e. The third-order valence-corrected chi connectivity index (χ3v) is 1.53. The van der Waals surface area contributed by atoms with Gasteiger partial charge in [-0.05, 0) is 18.2 Å². The normalized spacial score (nSPS) is 12.3. The average Bonchev–Trinajstić information content (AvgIpc) is 2.14. The zero-order chi connectivity index (χ0) is 10.6. The molecule has 0 amide bonds. The van der Waals surface area contributed by atoms with Gasteiger partial charge in [0.1, 0.15) is 0 Å². The standard InChI is InChI=1S/C9H9F3N2/c10-9(11,12)7-3-5-14-8(6-7)2-1-4-13/h1-3,5-6H,4,13H2. The van der Waals surface area contributed by atoms with Crippen LogP contribution in [0.25, 0.3) is 6.08 Å². The van der Waals surface area contributed by atoms with Crippen LogP contribution in [0.15, 0.2) is 24.4 Å². The molecule has 0 aromatic carbocycles. The van der Waals surface area contributed by atoms with Gasteiger partial charge in [0.05, 0.1) is 11.3 Å². The smallest absolute Gasteiger partial charge is 0.327 e. The van der Waals surface area contributed by atoms with E-state index >= 15 is 0 Å². The first-order valence-electron chi connectivity index (χ1n) is 3.94. The summed E-state index contributed by atoms with van der Waals surface area (Å²) in [6.45, 7) is 0.276. The van der Waals surface area contributed by atoms with Crippen LogP contribution in [0.4, 0.5) is 13.2 Å². The first-order chi connectivity index (χ1) is 6.54. The molecule has 0 aliphatic rings. The van der Waals surface area contributed by atoms with Gasteiger partial charge < -0.3 is 5.73 Å². The van der Waals surface area contributed by atoms with Gasteiger partial charge in [0.2, 0.25) is 0 Å². The number of nitrogens with two attached hydrogens (primary N) is 1. The molecule has 0 saturated carbocycles. The van der Waals surface area contributed by atoms with Crippen molar-refractivity contribution in [2.24, 2.45) is 5.73 Å². The van der Waals surface area contributed by atoms with Crippen molar-refractivity contribution >= 4 is 6.08 Å². The fraction of sp³-hybridized carbons (Fsp3) is 0.222. The molecular formula is C9H9F3N2. The molecule has 0 unspecified atom stereocenters. The summed E-state index contributed by atoms with van der Waals surface area (Å²) in [6.07, 6.45) is -0.203. The topological polar surface area (TPSA) is 38.9 Å². The van der Waals surface area contributed by atoms with Gasteiger partial charge in [-0.2, -0.15) is 13.2 Å². The lowest BCUT2D eigenvalue weighted by Crippen LogP contribution is -2.05. The van der Waals surface area contributed by atoms with Crippen molar-refractivity contribution in [2.75, 3.05) is 6.54 Å². The third-order valence-electron chi connectivity index (χ3n) is 1.53. The molecule has 2 nitrogen and oxygen atoms in total. The van der Waals surface area contributed by atoms with Gasteiger partial charge in [-0.15, -0.1) is 0 Å². The Kier molecular flexibility index (Phi) is 3.24. The molecular weight excluding hydrogens is 193 g/mol. The molecule has 0 fully saturated rings. The second-order valence-electron chi connectivity index (χ2n) is 2.61. The van der Waals surface area contributed by atoms with Crippen LogP contribution in [0.5, 0.6) is 0 Å². The fourth-order valence-electron chi connectivity index (χ4n) is 0.905. The Bertz CT molecular complexity index is 331. The van der Waals surface area contributed by atoms with Crippen LogP contribution in [0, 0.1) is 0 Å². The number of alkyl halides is 3. The highest BCUT2D eigenvalue weighted by Gasteiger charge is 2.30. The Hall–Kier alpha value is -1.36. The minimum atomic E-state index is -4.33. The van der Waals surface area contributed by atoms with Crippen LogP contribution in [0.2, 0.25) is 0 Å². The lowest BCUT2D eigenvalue weighted by atomic mass is 10.2. The van der Waals surface area contributed by atoms with E-state index in [4.69, 9.17) is 5.73 Å². The van der Waals surface area contributed by atoms with Crippen molar-refractivity contribution < 1.29 is 13.2 Å². The molecule has 2 N–H and O–H groups in total. The lowest BCUT2D eigenvalue weighted by molar-refractivity contribution is -0.137. The van der Waals surface area contributed by atoms with Crippen LogP contribution < -0.4 is 5.73 Å². The largest absolute Gasteiger partial charge is 0.416 e. The predicted molar refractivity (Wildman–Crippen MR) is 47.3 cm³/mol. The van der Waals surface area contributed by atoms with E-state index in [1.165, 1.54) is 6.08 Å². The molecule has 14 heavy (non-hydrogen) atoms. The molecule has 0 aliphatic carbocycles. The second kappa shape index (κ2) is 4.23. The van der Waals surface area contributed by atoms with Gasteiger partial charge in [0.15, 0.2) is 0 Å². The molecule has 76 valence electrons. The first-order valence-corrected chi connectivity index (χ1v) is 3.94. The van der Waals surface area contributed by atoms with Crippen molar-refractivity contribution in [3.05, 3.63) is 35.7 Å². The second-order valence-corrected chi connectivity index (χ2v) is 2.61. The average molecular weight is 202 g/mol. The summed E-state index contributed by atoms with van der Waals surface area (Å²) < 4.78 is 36.6. The number of hydrogen-bond donors (Lipinski definition) is 1. The molecule has 1 aromatic rings. The van der Waals surface area contributed by atoms with E-state index in [0.29, 0.717) is 0 Å². The summed E-state index contributed by atoms with van der Waals surface area (Å²) >= 11 is 0. The number of aromatic nitrogens is 1. The minimum absolute atomic E-state index is 0.255. The van der Waals surface area contributed by atoms with Gasteiger partial charge >= 0.3 is 6.18 Å². The summed E-state index contributed by atoms with van der Waals surface area (Å²) in [5, 5.41) is 0. The molecule has 0 saturated heterocycles. The maximum absolute atomic E-state index is 12.2. The van der Waals surface area contributed by atoms with E-state index in [1.807, 2.05) is 0 Å². The third kappa shape index (κ3) is 2.85. The number of nitrogens with zero attached hydrogens (tertiary/aromatic N) is 1. The van der Waals surface area contributed by atoms with E-state index in [1.54, 1.807) is 6.08 Å². The van der Waals surface area contributed by atoms with Gasteiger partial charge in [0, 0.05) is 12.7 Å². The van der Waals surface area contributed by atoms with Gasteiger partial charge in [-0.1, -0.05) is 6.08 Å². The number of pyridine rings is 1. The Labute approximate surface area is 79.3 Å². The predicted octanol–water partition coefficient (Wildman–Crippen LogP) is 2.07. The number of halogens is 3. The van der Waals surface area contributed by atoms with E-state index < -0.39 is 11.7 Å². The highest BCUT2D eigenvalue weighted by molar-refractivity contribution is 5.45. The number of hydrogen-bond acceptors (Lipinski definition) is 2. The Morgan fingerprint density at radius 3 is 2.71 bits per heavy atom. The van der Waals surface area contributed by atoms with Crippen LogP contribution in [0.1, 0.15) is 11.3 Å². The highest BCUT2D eigenvalue weighted by Crippen LogP contribution is 2.29. The van der Waals surface area contributed by atoms with Gasteiger partial charge in [-0.25, -0.2) is 0 Å². The van der Waals surface area contributed by atoms with Crippen LogP contribution in [-0.4, -0.2) is 11.5 Å². The monoisotopic (exact) mass is 202 g/mol.